The lowest BCUT2D eigenvalue weighted by molar-refractivity contribution is 0.0705. The molecular weight excluding hydrogens is 364 g/mol. The highest BCUT2D eigenvalue weighted by Crippen LogP contribution is 2.29. The van der Waals surface area contributed by atoms with E-state index in [1.54, 1.807) is 7.11 Å². The summed E-state index contributed by atoms with van der Waals surface area (Å²) in [5, 5.41) is 14.0. The molecule has 0 saturated heterocycles. The van der Waals surface area contributed by atoms with Crippen LogP contribution in [-0.2, 0) is 19.4 Å². The van der Waals surface area contributed by atoms with Gasteiger partial charge in [0, 0.05) is 19.1 Å². The van der Waals surface area contributed by atoms with Crippen LogP contribution in [0.25, 0.3) is 0 Å². The number of likely N-dealkylation sites (N-methyl/N-ethyl adjacent to an activating group) is 1. The lowest BCUT2D eigenvalue weighted by atomic mass is 10.1. The average molecular weight is 399 g/mol. The molecular formula is C24H34N2O3. The van der Waals surface area contributed by atoms with E-state index < -0.39 is 6.10 Å². The molecule has 2 aromatic rings. The van der Waals surface area contributed by atoms with Crippen LogP contribution in [0.1, 0.15) is 30.5 Å². The minimum absolute atomic E-state index is 0.252. The van der Waals surface area contributed by atoms with Gasteiger partial charge in [0.25, 0.3) is 0 Å². The third-order valence-electron chi connectivity index (χ3n) is 5.67. The van der Waals surface area contributed by atoms with Gasteiger partial charge in [-0.05, 0) is 54.8 Å². The van der Waals surface area contributed by atoms with Crippen LogP contribution in [-0.4, -0.2) is 55.5 Å². The second-order valence-corrected chi connectivity index (χ2v) is 7.69. The van der Waals surface area contributed by atoms with Gasteiger partial charge in [-0.3, -0.25) is 0 Å². The maximum atomic E-state index is 10.3. The summed E-state index contributed by atoms with van der Waals surface area (Å²) in [6, 6.07) is 15.2. The Balaban J connectivity index is 1.54. The number of ether oxygens (including phenoxy) is 2. The number of aliphatic hydroxyl groups excluding tert-OH is 1. The molecule has 0 unspecified atom stereocenters. The summed E-state index contributed by atoms with van der Waals surface area (Å²) in [6.45, 7) is 7.67. The van der Waals surface area contributed by atoms with Gasteiger partial charge in [0.05, 0.1) is 7.11 Å². The van der Waals surface area contributed by atoms with Gasteiger partial charge in [-0.15, -0.1) is 0 Å². The molecule has 29 heavy (non-hydrogen) atoms. The molecule has 0 radical (unpaired) electrons. The third-order valence-corrected chi connectivity index (χ3v) is 5.67. The fraction of sp³-hybridized carbons (Fsp3) is 0.500. The van der Waals surface area contributed by atoms with Gasteiger partial charge in [0.2, 0.25) is 0 Å². The molecule has 2 N–H and O–H groups in total. The topological polar surface area (TPSA) is 54.0 Å². The lowest BCUT2D eigenvalue weighted by Gasteiger charge is -2.22. The monoisotopic (exact) mass is 398 g/mol. The fourth-order valence-electron chi connectivity index (χ4n) is 3.93. The highest BCUT2D eigenvalue weighted by molar-refractivity contribution is 5.43. The number of aliphatic hydroxyl groups is 1. The molecule has 5 heteroatoms. The summed E-state index contributed by atoms with van der Waals surface area (Å²) in [4.78, 5) is 2.19. The molecule has 158 valence electrons. The molecule has 0 amide bonds. The maximum Gasteiger partial charge on any atom is 0.161 e. The van der Waals surface area contributed by atoms with Crippen molar-refractivity contribution < 1.29 is 14.6 Å². The third kappa shape index (κ3) is 5.95. The van der Waals surface area contributed by atoms with E-state index in [-0.39, 0.29) is 6.61 Å². The fourth-order valence-corrected chi connectivity index (χ4v) is 3.93. The zero-order valence-electron chi connectivity index (χ0n) is 17.9. The van der Waals surface area contributed by atoms with Crippen LogP contribution in [0.2, 0.25) is 0 Å². The van der Waals surface area contributed by atoms with Crippen LogP contribution in [0, 0.1) is 0 Å². The number of hydrogen-bond donors (Lipinski definition) is 2. The quantitative estimate of drug-likeness (QED) is 0.609. The van der Waals surface area contributed by atoms with Crippen molar-refractivity contribution in [1.29, 1.82) is 0 Å². The molecule has 2 aromatic carbocycles. The zero-order chi connectivity index (χ0) is 20.6. The van der Waals surface area contributed by atoms with E-state index in [4.69, 9.17) is 9.47 Å². The highest BCUT2D eigenvalue weighted by atomic mass is 16.5. The molecule has 0 fully saturated rings. The summed E-state index contributed by atoms with van der Waals surface area (Å²) in [7, 11) is 1.64. The normalized spacial score (nSPS) is 14.8. The van der Waals surface area contributed by atoms with E-state index in [0.29, 0.717) is 24.1 Å². The first kappa shape index (κ1) is 21.6. The molecule has 3 rings (SSSR count). The summed E-state index contributed by atoms with van der Waals surface area (Å²) in [5.41, 5.74) is 4.05. The summed E-state index contributed by atoms with van der Waals surface area (Å²) >= 11 is 0. The average Bonchev–Trinajstić information content (AvgIpc) is 3.17. The highest BCUT2D eigenvalue weighted by Gasteiger charge is 2.20. The van der Waals surface area contributed by atoms with Crippen LogP contribution in [0.15, 0.2) is 42.5 Å². The number of fused-ring (bicyclic) bond motifs is 1. The molecule has 1 atom stereocenters. The smallest absolute Gasteiger partial charge is 0.161 e. The van der Waals surface area contributed by atoms with Crippen molar-refractivity contribution in [3.63, 3.8) is 0 Å². The van der Waals surface area contributed by atoms with E-state index in [1.807, 2.05) is 12.1 Å². The van der Waals surface area contributed by atoms with Crippen LogP contribution in [0.4, 0.5) is 0 Å². The van der Waals surface area contributed by atoms with Crippen molar-refractivity contribution >= 4 is 0 Å². The van der Waals surface area contributed by atoms with E-state index in [1.165, 1.54) is 11.1 Å². The molecule has 0 spiro atoms. The van der Waals surface area contributed by atoms with Crippen molar-refractivity contribution in [2.45, 2.75) is 45.4 Å². The second kappa shape index (κ2) is 10.6. The largest absolute Gasteiger partial charge is 0.493 e. The van der Waals surface area contributed by atoms with Crippen LogP contribution in [0.5, 0.6) is 11.5 Å². The van der Waals surface area contributed by atoms with Crippen molar-refractivity contribution in [2.75, 3.05) is 33.4 Å². The number of methoxy groups -OCH3 is 1. The molecule has 0 saturated carbocycles. The van der Waals surface area contributed by atoms with Gasteiger partial charge in [0.15, 0.2) is 11.5 Å². The SMILES string of the molecule is CCN(CC)C[C@@H](O)COc1cc(CNC2Cc3ccccc3C2)ccc1OC. The van der Waals surface area contributed by atoms with Crippen LogP contribution >= 0.6 is 0 Å². The molecule has 1 aliphatic carbocycles. The van der Waals surface area contributed by atoms with Gasteiger partial charge in [-0.25, -0.2) is 0 Å². The first-order chi connectivity index (χ1) is 14.1. The van der Waals surface area contributed by atoms with Crippen molar-refractivity contribution in [2.24, 2.45) is 0 Å². The Bertz CT molecular complexity index is 751. The second-order valence-electron chi connectivity index (χ2n) is 7.69. The zero-order valence-corrected chi connectivity index (χ0v) is 17.9. The Kier molecular flexibility index (Phi) is 7.92. The number of nitrogens with zero attached hydrogens (tertiary/aromatic N) is 1. The molecule has 0 aromatic heterocycles. The summed E-state index contributed by atoms with van der Waals surface area (Å²) in [6.07, 6.45) is 1.62. The lowest BCUT2D eigenvalue weighted by Crippen LogP contribution is -2.35. The maximum absolute atomic E-state index is 10.3. The van der Waals surface area contributed by atoms with Gasteiger partial charge in [0.1, 0.15) is 12.7 Å². The number of nitrogens with one attached hydrogen (secondary N) is 1. The van der Waals surface area contributed by atoms with Crippen LogP contribution in [0.3, 0.4) is 0 Å². The standard InChI is InChI=1S/C24H34N2O3/c1-4-26(5-2)16-22(27)17-29-24-12-18(10-11-23(24)28-3)15-25-21-13-19-8-6-7-9-20(19)14-21/h6-12,21-22,25,27H,4-5,13-17H2,1-3H3/t22-/m1/s1. The summed E-state index contributed by atoms with van der Waals surface area (Å²) in [5.74, 6) is 1.37. The van der Waals surface area contributed by atoms with Gasteiger partial charge in [-0.2, -0.15) is 0 Å². The Morgan fingerprint density at radius 3 is 2.38 bits per heavy atom. The van der Waals surface area contributed by atoms with Gasteiger partial charge in [-0.1, -0.05) is 44.2 Å². The molecule has 0 bridgehead atoms. The minimum Gasteiger partial charge on any atom is -0.493 e. The number of rotatable bonds is 11. The van der Waals surface area contributed by atoms with E-state index in [9.17, 15) is 5.11 Å². The van der Waals surface area contributed by atoms with Crippen molar-refractivity contribution in [1.82, 2.24) is 10.2 Å². The van der Waals surface area contributed by atoms with Gasteiger partial charge < -0.3 is 24.8 Å². The molecule has 1 aliphatic rings. The van der Waals surface area contributed by atoms with Crippen molar-refractivity contribution in [3.05, 3.63) is 59.2 Å². The van der Waals surface area contributed by atoms with E-state index >= 15 is 0 Å². The predicted octanol–water partition coefficient (Wildman–Crippen LogP) is 3.03. The predicted molar refractivity (Wildman–Crippen MR) is 117 cm³/mol. The first-order valence-electron chi connectivity index (χ1n) is 10.6. The Labute approximate surface area is 174 Å². The number of benzene rings is 2. The Morgan fingerprint density at radius 2 is 1.76 bits per heavy atom. The minimum atomic E-state index is -0.529. The van der Waals surface area contributed by atoms with Crippen LogP contribution < -0.4 is 14.8 Å². The molecule has 0 heterocycles. The van der Waals surface area contributed by atoms with E-state index in [0.717, 1.165) is 38.0 Å². The number of hydrogen-bond acceptors (Lipinski definition) is 5. The van der Waals surface area contributed by atoms with E-state index in [2.05, 4.69) is 54.4 Å². The molecule has 0 aliphatic heterocycles. The van der Waals surface area contributed by atoms with Crippen molar-refractivity contribution in [3.8, 4) is 11.5 Å². The summed E-state index contributed by atoms with van der Waals surface area (Å²) < 4.78 is 11.4. The van der Waals surface area contributed by atoms with Gasteiger partial charge >= 0.3 is 0 Å². The first-order valence-corrected chi connectivity index (χ1v) is 10.6. The molecule has 5 nitrogen and oxygen atoms in total. The Hall–Kier alpha value is -2.08. The Morgan fingerprint density at radius 1 is 1.07 bits per heavy atom.